The van der Waals surface area contributed by atoms with Crippen LogP contribution in [0.1, 0.15) is 38.7 Å². The number of carbonyl (C=O) groups is 1. The monoisotopic (exact) mass is 480 g/mol. The normalized spacial score (nSPS) is 21.9. The van der Waals surface area contributed by atoms with Gasteiger partial charge in [-0.25, -0.2) is 4.39 Å². The van der Waals surface area contributed by atoms with Crippen molar-refractivity contribution in [2.75, 3.05) is 56.0 Å². The molecule has 2 aromatic rings. The van der Waals surface area contributed by atoms with Crippen molar-refractivity contribution in [3.8, 4) is 0 Å². The zero-order valence-electron chi connectivity index (χ0n) is 21.5. The second-order valence-electron chi connectivity index (χ2n) is 10.7. The summed E-state index contributed by atoms with van der Waals surface area (Å²) in [4.78, 5) is 20.1. The largest absolute Gasteiger partial charge is 0.367 e. The predicted octanol–water partition coefficient (Wildman–Crippen LogP) is 5.02. The summed E-state index contributed by atoms with van der Waals surface area (Å²) in [5.74, 6) is 1.06. The molecule has 0 aromatic heterocycles. The minimum Gasteiger partial charge on any atom is -0.367 e. The van der Waals surface area contributed by atoms with Gasteiger partial charge in [-0.15, -0.1) is 0 Å². The van der Waals surface area contributed by atoms with E-state index in [0.717, 1.165) is 64.3 Å². The van der Waals surface area contributed by atoms with Gasteiger partial charge in [-0.2, -0.15) is 0 Å². The van der Waals surface area contributed by atoms with Crippen LogP contribution in [-0.4, -0.2) is 67.6 Å². The number of anilines is 2. The van der Waals surface area contributed by atoms with Crippen LogP contribution in [0.2, 0.25) is 0 Å². The van der Waals surface area contributed by atoms with Gasteiger partial charge in [-0.3, -0.25) is 9.69 Å². The number of halogens is 1. The Bertz CT molecular complexity index is 955. The Hall–Kier alpha value is -2.44. The molecule has 2 heterocycles. The van der Waals surface area contributed by atoms with Crippen molar-refractivity contribution >= 4 is 17.3 Å². The maximum absolute atomic E-state index is 14.3. The number of likely N-dealkylation sites (tertiary alicyclic amines) is 1. The second kappa shape index (κ2) is 12.0. The molecule has 5 nitrogen and oxygen atoms in total. The predicted molar refractivity (Wildman–Crippen MR) is 142 cm³/mol. The van der Waals surface area contributed by atoms with Crippen molar-refractivity contribution < 1.29 is 9.18 Å². The van der Waals surface area contributed by atoms with E-state index in [1.165, 1.54) is 5.56 Å². The minimum atomic E-state index is -0.139. The zero-order valence-corrected chi connectivity index (χ0v) is 21.5. The molecule has 1 amide bonds. The average molecular weight is 481 g/mol. The summed E-state index contributed by atoms with van der Waals surface area (Å²) in [6.45, 7) is 13.4. The third-order valence-corrected chi connectivity index (χ3v) is 7.46. The van der Waals surface area contributed by atoms with Crippen LogP contribution in [0.3, 0.4) is 0 Å². The lowest BCUT2D eigenvalue weighted by Crippen LogP contribution is -2.57. The minimum absolute atomic E-state index is 0.0953. The third-order valence-electron chi connectivity index (χ3n) is 7.46. The van der Waals surface area contributed by atoms with E-state index < -0.39 is 0 Å². The van der Waals surface area contributed by atoms with Gasteiger partial charge in [-0.05, 0) is 62.4 Å². The fourth-order valence-corrected chi connectivity index (χ4v) is 5.72. The van der Waals surface area contributed by atoms with Crippen molar-refractivity contribution in [1.82, 2.24) is 9.80 Å². The van der Waals surface area contributed by atoms with E-state index in [4.69, 9.17) is 0 Å². The Morgan fingerprint density at radius 3 is 2.43 bits per heavy atom. The summed E-state index contributed by atoms with van der Waals surface area (Å²) in [7, 11) is 0. The number of rotatable bonds is 8. The number of piperidine rings is 1. The molecule has 2 saturated heterocycles. The van der Waals surface area contributed by atoms with Crippen molar-refractivity contribution in [2.45, 2.75) is 46.1 Å². The molecule has 6 heteroatoms. The van der Waals surface area contributed by atoms with E-state index in [1.807, 2.05) is 43.3 Å². The molecule has 1 N–H and O–H groups in total. The third kappa shape index (κ3) is 7.05. The molecule has 0 spiro atoms. The first-order valence-electron chi connectivity index (χ1n) is 13.2. The standard InChI is InChI=1S/C29H41FN4O/c1-22(2)20-32-15-14-27(33-16-18-34(19-17-33)28-7-5-4-6-26(28)30)24(21-32)10-13-29(35)31-25-11-8-23(3)9-12-25/h4-9,11-12,22,24,27H,10,13-21H2,1-3H3,(H,31,35)/t24-,27+/m0/s1. The van der Waals surface area contributed by atoms with Gasteiger partial charge in [0.15, 0.2) is 0 Å². The van der Waals surface area contributed by atoms with Crippen LogP contribution in [0.25, 0.3) is 0 Å². The van der Waals surface area contributed by atoms with E-state index in [0.29, 0.717) is 30.0 Å². The molecular weight excluding hydrogens is 439 g/mol. The lowest BCUT2D eigenvalue weighted by atomic mass is 9.86. The summed E-state index contributed by atoms with van der Waals surface area (Å²) in [5.41, 5.74) is 2.77. The van der Waals surface area contributed by atoms with Crippen LogP contribution in [0.5, 0.6) is 0 Å². The zero-order chi connectivity index (χ0) is 24.8. The van der Waals surface area contributed by atoms with Crippen molar-refractivity contribution in [1.29, 1.82) is 0 Å². The lowest BCUT2D eigenvalue weighted by Gasteiger charge is -2.47. The first kappa shape index (κ1) is 25.6. The topological polar surface area (TPSA) is 38.8 Å². The number of nitrogens with one attached hydrogen (secondary N) is 1. The van der Waals surface area contributed by atoms with Gasteiger partial charge in [0.25, 0.3) is 0 Å². The molecule has 2 aromatic carbocycles. The summed E-state index contributed by atoms with van der Waals surface area (Å²) in [5, 5.41) is 3.07. The highest BCUT2D eigenvalue weighted by Crippen LogP contribution is 2.29. The molecule has 4 rings (SSSR count). The van der Waals surface area contributed by atoms with Crippen LogP contribution in [0, 0.1) is 24.6 Å². The Labute approximate surface area is 210 Å². The van der Waals surface area contributed by atoms with Crippen LogP contribution < -0.4 is 10.2 Å². The summed E-state index contributed by atoms with van der Waals surface area (Å²) in [6.07, 6.45) is 2.57. The highest BCUT2D eigenvalue weighted by molar-refractivity contribution is 5.90. The van der Waals surface area contributed by atoms with E-state index in [9.17, 15) is 9.18 Å². The van der Waals surface area contributed by atoms with Crippen LogP contribution in [-0.2, 0) is 4.79 Å². The maximum atomic E-state index is 14.3. The van der Waals surface area contributed by atoms with E-state index in [2.05, 4.69) is 33.9 Å². The summed E-state index contributed by atoms with van der Waals surface area (Å²) < 4.78 is 14.3. The molecule has 190 valence electrons. The SMILES string of the molecule is Cc1ccc(NC(=O)CC[C@H]2CN(CC(C)C)CC[C@H]2N2CCN(c3ccccc3F)CC2)cc1. The second-order valence-corrected chi connectivity index (χ2v) is 10.7. The number of piperazine rings is 1. The maximum Gasteiger partial charge on any atom is 0.224 e. The van der Waals surface area contributed by atoms with Gasteiger partial charge in [0.1, 0.15) is 5.82 Å². The number of carbonyl (C=O) groups excluding carboxylic acids is 1. The fraction of sp³-hybridized carbons (Fsp3) is 0.552. The van der Waals surface area contributed by atoms with Gasteiger partial charge in [0, 0.05) is 57.4 Å². The quantitative estimate of drug-likeness (QED) is 0.576. The Kier molecular flexibility index (Phi) is 8.79. The molecule has 0 radical (unpaired) electrons. The van der Waals surface area contributed by atoms with Crippen molar-refractivity contribution in [3.63, 3.8) is 0 Å². The van der Waals surface area contributed by atoms with E-state index in [-0.39, 0.29) is 11.7 Å². The number of hydrogen-bond donors (Lipinski definition) is 1. The van der Waals surface area contributed by atoms with Gasteiger partial charge in [0.2, 0.25) is 5.91 Å². The van der Waals surface area contributed by atoms with Gasteiger partial charge in [0.05, 0.1) is 5.69 Å². The van der Waals surface area contributed by atoms with Crippen LogP contribution >= 0.6 is 0 Å². The molecule has 0 saturated carbocycles. The van der Waals surface area contributed by atoms with Gasteiger partial charge < -0.3 is 15.1 Å². The number of amides is 1. The summed E-state index contributed by atoms with van der Waals surface area (Å²) >= 11 is 0. The number of benzene rings is 2. The number of aryl methyl sites for hydroxylation is 1. The summed E-state index contributed by atoms with van der Waals surface area (Å²) in [6, 6.07) is 15.6. The van der Waals surface area contributed by atoms with Crippen LogP contribution in [0.4, 0.5) is 15.8 Å². The number of nitrogens with zero attached hydrogens (tertiary/aromatic N) is 3. The van der Waals surface area contributed by atoms with E-state index >= 15 is 0 Å². The molecular formula is C29H41FN4O. The molecule has 0 bridgehead atoms. The Balaban J connectivity index is 1.36. The van der Waals surface area contributed by atoms with Crippen molar-refractivity contribution in [2.24, 2.45) is 11.8 Å². The average Bonchev–Trinajstić information content (AvgIpc) is 2.84. The molecule has 2 fully saturated rings. The van der Waals surface area contributed by atoms with Crippen LogP contribution in [0.15, 0.2) is 48.5 Å². The highest BCUT2D eigenvalue weighted by atomic mass is 19.1. The lowest BCUT2D eigenvalue weighted by molar-refractivity contribution is -0.116. The molecule has 2 aliphatic rings. The fourth-order valence-electron chi connectivity index (χ4n) is 5.72. The number of hydrogen-bond acceptors (Lipinski definition) is 4. The van der Waals surface area contributed by atoms with Crippen molar-refractivity contribution in [3.05, 3.63) is 59.9 Å². The van der Waals surface area contributed by atoms with E-state index in [1.54, 1.807) is 12.1 Å². The first-order valence-corrected chi connectivity index (χ1v) is 13.2. The molecule has 2 aliphatic heterocycles. The first-order chi connectivity index (χ1) is 16.9. The smallest absolute Gasteiger partial charge is 0.224 e. The Morgan fingerprint density at radius 1 is 1.03 bits per heavy atom. The van der Waals surface area contributed by atoms with Gasteiger partial charge in [-0.1, -0.05) is 43.7 Å². The number of para-hydroxylation sites is 1. The molecule has 0 unspecified atom stereocenters. The molecule has 2 atom stereocenters. The molecule has 35 heavy (non-hydrogen) atoms. The molecule has 0 aliphatic carbocycles. The highest BCUT2D eigenvalue weighted by Gasteiger charge is 2.35. The Morgan fingerprint density at radius 2 is 1.74 bits per heavy atom. The van der Waals surface area contributed by atoms with Gasteiger partial charge >= 0.3 is 0 Å².